The van der Waals surface area contributed by atoms with Gasteiger partial charge in [-0.2, -0.15) is 0 Å². The van der Waals surface area contributed by atoms with E-state index in [1.165, 1.54) is 12.1 Å². The van der Waals surface area contributed by atoms with Gasteiger partial charge in [-0.25, -0.2) is 0 Å². The molecule has 1 unspecified atom stereocenters. The Kier molecular flexibility index (Phi) is 3.26. The van der Waals surface area contributed by atoms with Crippen LogP contribution in [0.5, 0.6) is 0 Å². The highest BCUT2D eigenvalue weighted by Crippen LogP contribution is 2.31. The minimum absolute atomic E-state index is 0.625. The molecule has 1 aromatic carbocycles. The number of anilines is 2. The number of hydrogen-bond acceptors (Lipinski definition) is 4. The molecule has 0 saturated carbocycles. The van der Waals surface area contributed by atoms with Gasteiger partial charge in [0.2, 0.25) is 0 Å². The molecule has 2 N–H and O–H groups in total. The molecule has 1 aromatic heterocycles. The Morgan fingerprint density at radius 2 is 2.10 bits per heavy atom. The first kappa shape index (κ1) is 13.2. The highest BCUT2D eigenvalue weighted by molar-refractivity contribution is 5.94. The number of nitrogens with zero attached hydrogens (tertiary/aromatic N) is 3. The first-order valence-corrected chi connectivity index (χ1v) is 7.13. The van der Waals surface area contributed by atoms with E-state index in [0.29, 0.717) is 6.04 Å². The Morgan fingerprint density at radius 3 is 2.80 bits per heavy atom. The first-order valence-electron chi connectivity index (χ1n) is 7.13. The number of hydrogen-bond donors (Lipinski definition) is 1. The second kappa shape index (κ2) is 4.94. The minimum Gasteiger partial charge on any atom is -0.399 e. The van der Waals surface area contributed by atoms with Gasteiger partial charge in [-0.05, 0) is 51.7 Å². The lowest BCUT2D eigenvalue weighted by molar-refractivity contribution is 0.315. The Labute approximate surface area is 120 Å². The summed E-state index contributed by atoms with van der Waals surface area (Å²) in [4.78, 5) is 9.38. The normalized spacial score (nSPS) is 19.2. The van der Waals surface area contributed by atoms with E-state index in [1.807, 2.05) is 18.2 Å². The predicted octanol–water partition coefficient (Wildman–Crippen LogP) is 2.27. The van der Waals surface area contributed by atoms with Crippen molar-refractivity contribution in [2.24, 2.45) is 0 Å². The number of pyridine rings is 1. The van der Waals surface area contributed by atoms with E-state index >= 15 is 0 Å². The molecule has 0 aliphatic carbocycles. The number of aryl methyl sites for hydroxylation is 1. The number of nitrogens with two attached hydrogens (primary N) is 1. The average Bonchev–Trinajstić information content (AvgIpc) is 2.88. The van der Waals surface area contributed by atoms with Gasteiger partial charge >= 0.3 is 0 Å². The molecule has 1 aliphatic rings. The zero-order chi connectivity index (χ0) is 14.3. The first-order chi connectivity index (χ1) is 9.54. The highest BCUT2D eigenvalue weighted by atomic mass is 15.2. The number of benzene rings is 1. The maximum Gasteiger partial charge on any atom is 0.0727 e. The fraction of sp³-hybridized carbons (Fsp3) is 0.438. The third kappa shape index (κ3) is 2.31. The Morgan fingerprint density at radius 1 is 1.30 bits per heavy atom. The zero-order valence-electron chi connectivity index (χ0n) is 12.4. The van der Waals surface area contributed by atoms with Gasteiger partial charge in [0.1, 0.15) is 0 Å². The van der Waals surface area contributed by atoms with Crippen molar-refractivity contribution < 1.29 is 0 Å². The maximum atomic E-state index is 5.95. The van der Waals surface area contributed by atoms with Crippen LogP contribution in [0.25, 0.3) is 10.9 Å². The quantitative estimate of drug-likeness (QED) is 0.850. The fourth-order valence-corrected chi connectivity index (χ4v) is 3.00. The minimum atomic E-state index is 0.625. The van der Waals surface area contributed by atoms with Crippen molar-refractivity contribution in [3.8, 4) is 0 Å². The van der Waals surface area contributed by atoms with E-state index in [1.54, 1.807) is 0 Å². The fourth-order valence-electron chi connectivity index (χ4n) is 3.00. The van der Waals surface area contributed by atoms with Crippen LogP contribution in [-0.2, 0) is 0 Å². The number of rotatable bonds is 2. The zero-order valence-corrected chi connectivity index (χ0v) is 12.4. The van der Waals surface area contributed by atoms with E-state index in [-0.39, 0.29) is 0 Å². The van der Waals surface area contributed by atoms with Crippen molar-refractivity contribution in [1.82, 2.24) is 9.88 Å². The third-order valence-electron chi connectivity index (χ3n) is 4.17. The van der Waals surface area contributed by atoms with Gasteiger partial charge in [-0.1, -0.05) is 0 Å². The van der Waals surface area contributed by atoms with Crippen LogP contribution in [0.4, 0.5) is 11.4 Å². The van der Waals surface area contributed by atoms with E-state index in [2.05, 4.69) is 41.9 Å². The van der Waals surface area contributed by atoms with Gasteiger partial charge in [-0.15, -0.1) is 0 Å². The van der Waals surface area contributed by atoms with Crippen LogP contribution < -0.4 is 10.6 Å². The number of nitrogen functional groups attached to an aromatic ring is 1. The number of fused-ring (bicyclic) bond motifs is 1. The van der Waals surface area contributed by atoms with E-state index in [4.69, 9.17) is 5.73 Å². The van der Waals surface area contributed by atoms with Gasteiger partial charge < -0.3 is 15.5 Å². The SMILES string of the molecule is Cc1cc(N2CCC(N(C)C)C2)c2cc(N)ccc2n1. The predicted molar refractivity (Wildman–Crippen MR) is 85.2 cm³/mol. The molecule has 1 aliphatic heterocycles. The van der Waals surface area contributed by atoms with Gasteiger partial charge in [0, 0.05) is 41.6 Å². The second-order valence-electron chi connectivity index (χ2n) is 5.91. The monoisotopic (exact) mass is 270 g/mol. The van der Waals surface area contributed by atoms with Crippen LogP contribution >= 0.6 is 0 Å². The molecule has 1 atom stereocenters. The molecule has 0 radical (unpaired) electrons. The van der Waals surface area contributed by atoms with Crippen molar-refractivity contribution in [3.05, 3.63) is 30.0 Å². The van der Waals surface area contributed by atoms with Gasteiger partial charge in [-0.3, -0.25) is 4.98 Å². The summed E-state index contributed by atoms with van der Waals surface area (Å²) in [5.74, 6) is 0. The molecule has 0 spiro atoms. The summed E-state index contributed by atoms with van der Waals surface area (Å²) in [6.45, 7) is 4.22. The molecule has 4 nitrogen and oxygen atoms in total. The molecule has 4 heteroatoms. The Bertz CT molecular complexity index is 636. The van der Waals surface area contributed by atoms with Crippen LogP contribution in [0, 0.1) is 6.92 Å². The number of aromatic nitrogens is 1. The summed E-state index contributed by atoms with van der Waals surface area (Å²) >= 11 is 0. The lowest BCUT2D eigenvalue weighted by atomic mass is 10.1. The molecule has 0 bridgehead atoms. The van der Waals surface area contributed by atoms with E-state index < -0.39 is 0 Å². The molecular weight excluding hydrogens is 248 g/mol. The van der Waals surface area contributed by atoms with E-state index in [9.17, 15) is 0 Å². The van der Waals surface area contributed by atoms with Crippen LogP contribution in [0.2, 0.25) is 0 Å². The van der Waals surface area contributed by atoms with Crippen molar-refractivity contribution in [2.75, 3.05) is 37.8 Å². The molecule has 2 aromatic rings. The molecular formula is C16H22N4. The van der Waals surface area contributed by atoms with Crippen molar-refractivity contribution in [1.29, 1.82) is 0 Å². The molecule has 0 amide bonds. The van der Waals surface area contributed by atoms with Crippen molar-refractivity contribution in [2.45, 2.75) is 19.4 Å². The third-order valence-corrected chi connectivity index (χ3v) is 4.17. The van der Waals surface area contributed by atoms with Crippen LogP contribution in [0.1, 0.15) is 12.1 Å². The number of likely N-dealkylation sites (N-methyl/N-ethyl adjacent to an activating group) is 1. The molecule has 3 rings (SSSR count). The smallest absolute Gasteiger partial charge is 0.0727 e. The summed E-state index contributed by atoms with van der Waals surface area (Å²) < 4.78 is 0. The average molecular weight is 270 g/mol. The summed E-state index contributed by atoms with van der Waals surface area (Å²) in [5, 5.41) is 1.16. The Balaban J connectivity index is 2.05. The van der Waals surface area contributed by atoms with Crippen LogP contribution in [-0.4, -0.2) is 43.1 Å². The Hall–Kier alpha value is -1.81. The van der Waals surface area contributed by atoms with Crippen molar-refractivity contribution >= 4 is 22.3 Å². The maximum absolute atomic E-state index is 5.95. The summed E-state index contributed by atoms with van der Waals surface area (Å²) in [6, 6.07) is 8.78. The van der Waals surface area contributed by atoms with Gasteiger partial charge in [0.05, 0.1) is 5.52 Å². The highest BCUT2D eigenvalue weighted by Gasteiger charge is 2.25. The lowest BCUT2D eigenvalue weighted by Crippen LogP contribution is -2.31. The molecule has 106 valence electrons. The van der Waals surface area contributed by atoms with Crippen LogP contribution in [0.3, 0.4) is 0 Å². The topological polar surface area (TPSA) is 45.4 Å². The largest absolute Gasteiger partial charge is 0.399 e. The molecule has 1 saturated heterocycles. The molecule has 2 heterocycles. The summed E-state index contributed by atoms with van der Waals surface area (Å²) in [6.07, 6.45) is 1.21. The summed E-state index contributed by atoms with van der Waals surface area (Å²) in [7, 11) is 4.31. The van der Waals surface area contributed by atoms with Gasteiger partial charge in [0.25, 0.3) is 0 Å². The van der Waals surface area contributed by atoms with Gasteiger partial charge in [0.15, 0.2) is 0 Å². The standard InChI is InChI=1S/C16H22N4/c1-11-8-16(20-7-6-13(10-20)19(2)3)14-9-12(17)4-5-15(14)18-11/h4-5,8-9,13H,6-7,10,17H2,1-3H3. The molecule has 20 heavy (non-hydrogen) atoms. The summed E-state index contributed by atoms with van der Waals surface area (Å²) in [5.41, 5.74) is 10.1. The lowest BCUT2D eigenvalue weighted by Gasteiger charge is -2.23. The molecule has 1 fully saturated rings. The van der Waals surface area contributed by atoms with E-state index in [0.717, 1.165) is 35.4 Å². The second-order valence-corrected chi connectivity index (χ2v) is 5.91. The van der Waals surface area contributed by atoms with Crippen molar-refractivity contribution in [3.63, 3.8) is 0 Å². The van der Waals surface area contributed by atoms with Crippen LogP contribution in [0.15, 0.2) is 24.3 Å².